The second-order valence-electron chi connectivity index (χ2n) is 11.8. The van der Waals surface area contributed by atoms with Crippen molar-refractivity contribution in [1.29, 1.82) is 5.26 Å². The van der Waals surface area contributed by atoms with E-state index in [-0.39, 0.29) is 22.3 Å². The van der Waals surface area contributed by atoms with Gasteiger partial charge in [-0.15, -0.1) is 23.1 Å². The predicted octanol–water partition coefficient (Wildman–Crippen LogP) is 3.03. The summed E-state index contributed by atoms with van der Waals surface area (Å²) < 4.78 is 21.5. The third-order valence-electron chi connectivity index (χ3n) is 9.24. The molecule has 4 aliphatic heterocycles. The Bertz CT molecular complexity index is 1580. The van der Waals surface area contributed by atoms with Crippen molar-refractivity contribution in [2.45, 2.75) is 54.4 Å². The lowest BCUT2D eigenvalue weighted by molar-refractivity contribution is -0.905. The van der Waals surface area contributed by atoms with Gasteiger partial charge in [0, 0.05) is 65.7 Å². The van der Waals surface area contributed by atoms with Crippen LogP contribution in [0.1, 0.15) is 53.8 Å². The van der Waals surface area contributed by atoms with Gasteiger partial charge in [0.15, 0.2) is 0 Å². The van der Waals surface area contributed by atoms with Crippen LogP contribution in [0.25, 0.3) is 0 Å². The van der Waals surface area contributed by atoms with Gasteiger partial charge >= 0.3 is 6.01 Å². The standard InChI is InChI=1S/C28H33FN9O2S2/c1-17(18-5-3-8-38(39)11-18)35(2)24-32-25(34-26(33-24)40-16-27-6-4-7-37(27)12-19(29)9-27)36-14-28(15-36)22-20(10-30)23(31)42-21(22)13-41-28/h3,5,8,11,17,19,39H,4,6-7,9,12-16,31H2,1-2H3/q+1/t17?,19-,27+/m1/s1. The Hall–Kier alpha value is -3.41. The van der Waals surface area contributed by atoms with E-state index in [1.807, 2.05) is 36.7 Å². The molecule has 3 atom stereocenters. The zero-order valence-corrected chi connectivity index (χ0v) is 25.2. The van der Waals surface area contributed by atoms with Crippen molar-refractivity contribution >= 4 is 40.0 Å². The molecule has 3 saturated heterocycles. The van der Waals surface area contributed by atoms with Crippen LogP contribution in [0, 0.1) is 11.3 Å². The Labute approximate surface area is 251 Å². The van der Waals surface area contributed by atoms with Crippen LogP contribution in [-0.2, 0) is 10.5 Å². The summed E-state index contributed by atoms with van der Waals surface area (Å²) in [6.45, 7) is 4.94. The van der Waals surface area contributed by atoms with Gasteiger partial charge in [0.05, 0.1) is 21.9 Å². The molecule has 14 heteroatoms. The number of nitriles is 1. The average Bonchev–Trinajstić information content (AvgIpc) is 3.68. The number of thiophene rings is 1. The summed E-state index contributed by atoms with van der Waals surface area (Å²) in [7, 11) is 1.90. The number of ether oxygens (including phenoxy) is 1. The first-order valence-electron chi connectivity index (χ1n) is 14.1. The number of hydrogen-bond acceptors (Lipinski definition) is 12. The first-order chi connectivity index (χ1) is 20.2. The van der Waals surface area contributed by atoms with Crippen LogP contribution < -0.4 is 25.0 Å². The summed E-state index contributed by atoms with van der Waals surface area (Å²) in [6.07, 6.45) is 4.74. The van der Waals surface area contributed by atoms with E-state index in [4.69, 9.17) is 25.4 Å². The molecule has 3 fully saturated rings. The maximum atomic E-state index is 14.4. The lowest BCUT2D eigenvalue weighted by Crippen LogP contribution is -2.57. The minimum atomic E-state index is -0.846. The van der Waals surface area contributed by atoms with Gasteiger partial charge in [-0.1, -0.05) is 0 Å². The van der Waals surface area contributed by atoms with Gasteiger partial charge in [0.2, 0.25) is 24.3 Å². The molecular formula is C28H33FN9O2S2+. The normalized spacial score (nSPS) is 24.7. The third-order valence-corrected chi connectivity index (χ3v) is 11.9. The molecule has 3 aromatic rings. The molecule has 0 aliphatic carbocycles. The zero-order chi connectivity index (χ0) is 29.2. The number of nitrogens with two attached hydrogens (primary N) is 1. The van der Waals surface area contributed by atoms with Gasteiger partial charge in [-0.3, -0.25) is 10.1 Å². The summed E-state index contributed by atoms with van der Waals surface area (Å²) in [5.74, 6) is 1.77. The molecule has 0 aromatic carbocycles. The van der Waals surface area contributed by atoms with Crippen molar-refractivity contribution < 1.29 is 19.1 Å². The Morgan fingerprint density at radius 3 is 3.00 bits per heavy atom. The molecule has 1 unspecified atom stereocenters. The number of anilines is 3. The van der Waals surface area contributed by atoms with Crippen LogP contribution >= 0.6 is 23.1 Å². The number of nitrogen functional groups attached to an aromatic ring is 1. The smallest absolute Gasteiger partial charge is 0.323 e. The van der Waals surface area contributed by atoms with Crippen molar-refractivity contribution in [3.8, 4) is 12.1 Å². The van der Waals surface area contributed by atoms with Gasteiger partial charge in [-0.25, -0.2) is 4.39 Å². The monoisotopic (exact) mass is 610 g/mol. The van der Waals surface area contributed by atoms with Crippen LogP contribution in [0.2, 0.25) is 0 Å². The van der Waals surface area contributed by atoms with Crippen molar-refractivity contribution in [3.05, 3.63) is 46.1 Å². The second kappa shape index (κ2) is 10.1. The maximum absolute atomic E-state index is 14.4. The average molecular weight is 611 g/mol. The Morgan fingerprint density at radius 1 is 1.38 bits per heavy atom. The summed E-state index contributed by atoms with van der Waals surface area (Å²) in [4.78, 5) is 21.7. The van der Waals surface area contributed by atoms with Crippen molar-refractivity contribution in [3.63, 3.8) is 0 Å². The Kier molecular flexibility index (Phi) is 6.59. The quantitative estimate of drug-likeness (QED) is 0.302. The summed E-state index contributed by atoms with van der Waals surface area (Å²) >= 11 is 3.35. The van der Waals surface area contributed by atoms with E-state index in [1.165, 1.54) is 16.2 Å². The van der Waals surface area contributed by atoms with Gasteiger partial charge in [-0.2, -0.15) is 20.2 Å². The molecule has 4 aliphatic rings. The lowest BCUT2D eigenvalue weighted by Gasteiger charge is -2.47. The molecular weight excluding hydrogens is 578 g/mol. The molecule has 3 aromatic heterocycles. The highest BCUT2D eigenvalue weighted by atomic mass is 32.2. The summed E-state index contributed by atoms with van der Waals surface area (Å²) in [6, 6.07) is 6.07. The van der Waals surface area contributed by atoms with Crippen molar-refractivity contribution in [2.75, 3.05) is 55.4 Å². The molecule has 1 spiro atoms. The number of hydrogen-bond donors (Lipinski definition) is 2. The second-order valence-corrected chi connectivity index (χ2v) is 14.3. The van der Waals surface area contributed by atoms with Gasteiger partial charge in [0.1, 0.15) is 23.8 Å². The molecule has 3 N–H and O–H groups in total. The lowest BCUT2D eigenvalue weighted by atomic mass is 9.88. The molecule has 0 radical (unpaired) electrons. The Morgan fingerprint density at radius 2 is 2.21 bits per heavy atom. The molecule has 0 bridgehead atoms. The van der Waals surface area contributed by atoms with Gasteiger partial charge in [-0.05, 0) is 32.4 Å². The van der Waals surface area contributed by atoms with E-state index in [0.717, 1.165) is 41.0 Å². The molecule has 11 nitrogen and oxygen atoms in total. The molecule has 220 valence electrons. The van der Waals surface area contributed by atoms with E-state index < -0.39 is 6.17 Å². The van der Waals surface area contributed by atoms with E-state index in [2.05, 4.69) is 15.9 Å². The molecule has 7 rings (SSSR count). The van der Waals surface area contributed by atoms with Crippen molar-refractivity contribution in [1.82, 2.24) is 19.9 Å². The molecule has 0 saturated carbocycles. The first-order valence-corrected chi connectivity index (χ1v) is 15.9. The highest BCUT2D eigenvalue weighted by Crippen LogP contribution is 2.57. The first kappa shape index (κ1) is 27.4. The largest absolute Gasteiger partial charge is 0.461 e. The van der Waals surface area contributed by atoms with Gasteiger partial charge < -0.3 is 20.3 Å². The van der Waals surface area contributed by atoms with Crippen LogP contribution in [-0.4, -0.2) is 76.6 Å². The van der Waals surface area contributed by atoms with Crippen molar-refractivity contribution in [2.24, 2.45) is 0 Å². The number of alkyl halides is 1. The van der Waals surface area contributed by atoms with Crippen LogP contribution in [0.4, 0.5) is 21.3 Å². The zero-order valence-electron chi connectivity index (χ0n) is 23.5. The highest BCUT2D eigenvalue weighted by molar-refractivity contribution is 8.00. The fraction of sp³-hybridized carbons (Fsp3) is 0.536. The molecule has 42 heavy (non-hydrogen) atoms. The fourth-order valence-electron chi connectivity index (χ4n) is 6.90. The number of thioether (sulfide) groups is 1. The summed E-state index contributed by atoms with van der Waals surface area (Å²) in [5.41, 5.74) is 8.39. The van der Waals surface area contributed by atoms with Gasteiger partial charge in [0.25, 0.3) is 0 Å². The number of halogens is 1. The number of aromatic nitrogens is 4. The minimum Gasteiger partial charge on any atom is -0.461 e. The van der Waals surface area contributed by atoms with E-state index in [1.54, 1.807) is 18.5 Å². The van der Waals surface area contributed by atoms with Crippen LogP contribution in [0.5, 0.6) is 6.01 Å². The molecule has 7 heterocycles. The van der Waals surface area contributed by atoms with E-state index in [9.17, 15) is 14.9 Å². The topological polar surface area (TPSA) is 132 Å². The van der Waals surface area contributed by atoms with Crippen LogP contribution in [0.15, 0.2) is 24.5 Å². The number of nitrogens with zero attached hydrogens (tertiary/aromatic N) is 8. The highest BCUT2D eigenvalue weighted by Gasteiger charge is 2.53. The van der Waals surface area contributed by atoms with Crippen LogP contribution in [0.3, 0.4) is 0 Å². The predicted molar refractivity (Wildman–Crippen MR) is 158 cm³/mol. The number of rotatable bonds is 7. The summed E-state index contributed by atoms with van der Waals surface area (Å²) in [5, 5.41) is 20.3. The SMILES string of the molecule is CC(c1ccc[n+](O)c1)N(C)c1nc(OC[C@@]23CCCN2C[C@H](F)C3)nc(N2CC3(C2)SCc2sc(N)c(C#N)c23)n1. The fourth-order valence-corrected chi connectivity index (χ4v) is 9.71. The Balaban J connectivity index is 1.18. The molecule has 0 amide bonds. The number of fused-ring (bicyclic) bond motifs is 3. The minimum absolute atomic E-state index is 0.165. The van der Waals surface area contributed by atoms with E-state index in [0.29, 0.717) is 55.1 Å². The maximum Gasteiger partial charge on any atom is 0.323 e. The number of pyridine rings is 1. The third kappa shape index (κ3) is 4.40. The van der Waals surface area contributed by atoms with E-state index >= 15 is 0 Å².